The summed E-state index contributed by atoms with van der Waals surface area (Å²) in [5.41, 5.74) is -0.140. The molecule has 17 heavy (non-hydrogen) atoms. The average molecular weight is 260 g/mol. The van der Waals surface area contributed by atoms with Gasteiger partial charge >= 0.3 is 6.18 Å². The van der Waals surface area contributed by atoms with Crippen LogP contribution in [0.5, 0.6) is 0 Å². The van der Waals surface area contributed by atoms with E-state index in [-0.39, 0.29) is 22.4 Å². The van der Waals surface area contributed by atoms with E-state index < -0.39 is 11.7 Å². The third kappa shape index (κ3) is 2.22. The van der Waals surface area contributed by atoms with Crippen molar-refractivity contribution in [2.24, 2.45) is 0 Å². The molecule has 1 heterocycles. The Hall–Kier alpha value is -1.29. The molecular formula is C12H9ClF3N. The first-order valence-electron chi connectivity index (χ1n) is 5.08. The molecule has 0 amide bonds. The molecule has 0 N–H and O–H groups in total. The van der Waals surface area contributed by atoms with Gasteiger partial charge in [-0.2, -0.15) is 13.2 Å². The molecule has 0 bridgehead atoms. The van der Waals surface area contributed by atoms with Gasteiger partial charge in [0, 0.05) is 16.6 Å². The summed E-state index contributed by atoms with van der Waals surface area (Å²) in [7, 11) is 0. The normalized spacial score (nSPS) is 12.1. The summed E-state index contributed by atoms with van der Waals surface area (Å²) < 4.78 is 39.1. The first-order valence-corrected chi connectivity index (χ1v) is 5.45. The number of nitrogens with zero attached hydrogens (tertiary/aromatic N) is 1. The van der Waals surface area contributed by atoms with Gasteiger partial charge in [0.1, 0.15) is 0 Å². The Morgan fingerprint density at radius 1 is 1.29 bits per heavy atom. The molecule has 0 aliphatic rings. The molecule has 90 valence electrons. The van der Waals surface area contributed by atoms with Crippen molar-refractivity contribution in [2.45, 2.75) is 19.5 Å². The molecule has 0 aliphatic heterocycles. The lowest BCUT2D eigenvalue weighted by Gasteiger charge is -2.14. The van der Waals surface area contributed by atoms with Gasteiger partial charge in [0.2, 0.25) is 0 Å². The van der Waals surface area contributed by atoms with Crippen LogP contribution in [0.2, 0.25) is 5.02 Å². The van der Waals surface area contributed by atoms with Gasteiger partial charge in [0.05, 0.1) is 11.1 Å². The van der Waals surface area contributed by atoms with Crippen molar-refractivity contribution < 1.29 is 13.2 Å². The van der Waals surface area contributed by atoms with E-state index in [2.05, 4.69) is 4.98 Å². The van der Waals surface area contributed by atoms with Crippen LogP contribution in [0.25, 0.3) is 10.9 Å². The van der Waals surface area contributed by atoms with Crippen LogP contribution in [0, 0.1) is 0 Å². The van der Waals surface area contributed by atoms with Crippen LogP contribution in [0.4, 0.5) is 13.2 Å². The van der Waals surface area contributed by atoms with E-state index in [4.69, 9.17) is 11.6 Å². The summed E-state index contributed by atoms with van der Waals surface area (Å²) >= 11 is 5.74. The van der Waals surface area contributed by atoms with Crippen LogP contribution < -0.4 is 0 Å². The molecular weight excluding hydrogens is 251 g/mol. The van der Waals surface area contributed by atoms with Crippen LogP contribution in [0.1, 0.15) is 18.1 Å². The second-order valence-electron chi connectivity index (χ2n) is 3.67. The van der Waals surface area contributed by atoms with Gasteiger partial charge in [-0.05, 0) is 30.2 Å². The number of alkyl halides is 3. The predicted octanol–water partition coefficient (Wildman–Crippen LogP) is 4.47. The molecule has 0 atom stereocenters. The van der Waals surface area contributed by atoms with Crippen LogP contribution in [-0.4, -0.2) is 4.98 Å². The second kappa shape index (κ2) is 4.18. The summed E-state index contributed by atoms with van der Waals surface area (Å²) in [5.74, 6) is 0. The Morgan fingerprint density at radius 2 is 2.00 bits per heavy atom. The Kier molecular flexibility index (Phi) is 3.00. The summed E-state index contributed by atoms with van der Waals surface area (Å²) in [6, 6.07) is 4.33. The highest BCUT2D eigenvalue weighted by Gasteiger charge is 2.35. The minimum Gasteiger partial charge on any atom is -0.256 e. The standard InChI is InChI=1S/C12H9ClF3N/c1-2-7-6-17-10-4-3-8(13)5-9(10)11(7)12(14,15)16/h3-6H,2H2,1H3. The number of hydrogen-bond acceptors (Lipinski definition) is 1. The number of aryl methyl sites for hydroxylation is 1. The largest absolute Gasteiger partial charge is 0.417 e. The second-order valence-corrected chi connectivity index (χ2v) is 4.11. The number of hydrogen-bond donors (Lipinski definition) is 0. The molecule has 1 nitrogen and oxygen atoms in total. The van der Waals surface area contributed by atoms with Crippen molar-refractivity contribution in [2.75, 3.05) is 0 Å². The fourth-order valence-corrected chi connectivity index (χ4v) is 1.98. The predicted molar refractivity (Wildman–Crippen MR) is 61.1 cm³/mol. The number of aromatic nitrogens is 1. The van der Waals surface area contributed by atoms with Crippen molar-refractivity contribution in [1.82, 2.24) is 4.98 Å². The van der Waals surface area contributed by atoms with Gasteiger partial charge in [-0.15, -0.1) is 0 Å². The lowest BCUT2D eigenvalue weighted by Crippen LogP contribution is -2.10. The van der Waals surface area contributed by atoms with E-state index in [1.54, 1.807) is 6.92 Å². The maximum absolute atomic E-state index is 13.0. The molecule has 0 saturated carbocycles. The van der Waals surface area contributed by atoms with Gasteiger partial charge in [-0.3, -0.25) is 4.98 Å². The lowest BCUT2D eigenvalue weighted by atomic mass is 10.0. The van der Waals surface area contributed by atoms with E-state index in [0.717, 1.165) is 0 Å². The topological polar surface area (TPSA) is 12.9 Å². The zero-order chi connectivity index (χ0) is 12.6. The highest BCUT2D eigenvalue weighted by molar-refractivity contribution is 6.31. The van der Waals surface area contributed by atoms with Crippen LogP contribution in [0.3, 0.4) is 0 Å². The molecule has 0 unspecified atom stereocenters. The first-order chi connectivity index (χ1) is 7.93. The Morgan fingerprint density at radius 3 is 2.59 bits per heavy atom. The molecule has 2 rings (SSSR count). The Labute approximate surface area is 101 Å². The number of fused-ring (bicyclic) bond motifs is 1. The molecule has 0 spiro atoms. The zero-order valence-corrected chi connectivity index (χ0v) is 9.73. The molecule has 0 saturated heterocycles. The van der Waals surface area contributed by atoms with Gasteiger partial charge in [0.25, 0.3) is 0 Å². The lowest BCUT2D eigenvalue weighted by molar-refractivity contribution is -0.136. The van der Waals surface area contributed by atoms with Crippen molar-refractivity contribution in [3.05, 3.63) is 40.5 Å². The number of benzene rings is 1. The third-order valence-electron chi connectivity index (χ3n) is 2.57. The van der Waals surface area contributed by atoms with E-state index in [1.807, 2.05) is 0 Å². The van der Waals surface area contributed by atoms with Gasteiger partial charge in [-0.25, -0.2) is 0 Å². The van der Waals surface area contributed by atoms with Crippen molar-refractivity contribution in [3.63, 3.8) is 0 Å². The van der Waals surface area contributed by atoms with Crippen LogP contribution in [0.15, 0.2) is 24.4 Å². The number of halogens is 4. The molecule has 1 aromatic carbocycles. The molecule has 5 heteroatoms. The first kappa shape index (κ1) is 12.2. The van der Waals surface area contributed by atoms with Crippen molar-refractivity contribution in [1.29, 1.82) is 0 Å². The van der Waals surface area contributed by atoms with E-state index in [0.29, 0.717) is 5.52 Å². The van der Waals surface area contributed by atoms with Crippen LogP contribution >= 0.6 is 11.6 Å². The summed E-state index contributed by atoms with van der Waals surface area (Å²) in [5, 5.41) is 0.336. The van der Waals surface area contributed by atoms with E-state index in [1.165, 1.54) is 24.4 Å². The third-order valence-corrected chi connectivity index (χ3v) is 2.81. The van der Waals surface area contributed by atoms with Crippen molar-refractivity contribution in [3.8, 4) is 0 Å². The average Bonchev–Trinajstić information content (AvgIpc) is 2.25. The van der Waals surface area contributed by atoms with Crippen molar-refractivity contribution >= 4 is 22.5 Å². The fourth-order valence-electron chi connectivity index (χ4n) is 1.81. The smallest absolute Gasteiger partial charge is 0.256 e. The Bertz CT molecular complexity index is 563. The van der Waals surface area contributed by atoms with E-state index in [9.17, 15) is 13.2 Å². The van der Waals surface area contributed by atoms with Gasteiger partial charge in [0.15, 0.2) is 0 Å². The number of rotatable bonds is 1. The fraction of sp³-hybridized carbons (Fsp3) is 0.250. The zero-order valence-electron chi connectivity index (χ0n) is 8.98. The summed E-state index contributed by atoms with van der Waals surface area (Å²) in [6.45, 7) is 1.67. The maximum Gasteiger partial charge on any atom is 0.417 e. The monoisotopic (exact) mass is 259 g/mol. The highest BCUT2D eigenvalue weighted by Crippen LogP contribution is 2.37. The molecule has 1 aromatic heterocycles. The summed E-state index contributed by atoms with van der Waals surface area (Å²) in [6.07, 6.45) is -2.83. The molecule has 0 radical (unpaired) electrons. The van der Waals surface area contributed by atoms with E-state index >= 15 is 0 Å². The SMILES string of the molecule is CCc1cnc2ccc(Cl)cc2c1C(F)(F)F. The van der Waals surface area contributed by atoms with Gasteiger partial charge in [-0.1, -0.05) is 18.5 Å². The minimum atomic E-state index is -4.39. The summed E-state index contributed by atoms with van der Waals surface area (Å²) in [4.78, 5) is 4.01. The van der Waals surface area contributed by atoms with Gasteiger partial charge < -0.3 is 0 Å². The molecule has 0 aliphatic carbocycles. The highest BCUT2D eigenvalue weighted by atomic mass is 35.5. The quantitative estimate of drug-likeness (QED) is 0.736. The van der Waals surface area contributed by atoms with Crippen LogP contribution in [-0.2, 0) is 12.6 Å². The minimum absolute atomic E-state index is 0.0596. The molecule has 2 aromatic rings. The Balaban J connectivity index is 2.87. The number of pyridine rings is 1. The maximum atomic E-state index is 13.0. The molecule has 0 fully saturated rings.